The number of methoxy groups -OCH3 is 1. The zero-order valence-corrected chi connectivity index (χ0v) is 18.2. The van der Waals surface area contributed by atoms with Gasteiger partial charge in [-0.15, -0.1) is 0 Å². The lowest BCUT2D eigenvalue weighted by Gasteiger charge is -2.26. The lowest BCUT2D eigenvalue weighted by atomic mass is 10.2. The van der Waals surface area contributed by atoms with Crippen LogP contribution in [0.1, 0.15) is 10.5 Å². The molecule has 0 saturated carbocycles. The summed E-state index contributed by atoms with van der Waals surface area (Å²) in [6.07, 6.45) is 1.20. The van der Waals surface area contributed by atoms with Crippen molar-refractivity contribution >= 4 is 56.4 Å². The van der Waals surface area contributed by atoms with Gasteiger partial charge in [0.15, 0.2) is 0 Å². The van der Waals surface area contributed by atoms with E-state index in [0.29, 0.717) is 13.2 Å². The molecule has 2 heterocycles. The molecule has 8 nitrogen and oxygen atoms in total. The molecule has 1 aromatic carbocycles. The van der Waals surface area contributed by atoms with Gasteiger partial charge in [0.2, 0.25) is 10.0 Å². The molecule has 1 amide bonds. The number of morpholine rings is 1. The van der Waals surface area contributed by atoms with E-state index in [2.05, 4.69) is 10.3 Å². The molecular weight excluding hydrogens is 465 g/mol. The van der Waals surface area contributed by atoms with E-state index < -0.39 is 15.9 Å². The van der Waals surface area contributed by atoms with Crippen LogP contribution in [0.5, 0.6) is 5.75 Å². The molecule has 0 radical (unpaired) electrons. The topological polar surface area (TPSA) is 97.8 Å². The summed E-state index contributed by atoms with van der Waals surface area (Å²) in [5.74, 6) is -0.441. The van der Waals surface area contributed by atoms with Crippen molar-refractivity contribution in [2.45, 2.75) is 4.90 Å². The summed E-state index contributed by atoms with van der Waals surface area (Å²) < 4.78 is 37.5. The highest BCUT2D eigenvalue weighted by Crippen LogP contribution is 2.33. The molecule has 29 heavy (non-hydrogen) atoms. The highest BCUT2D eigenvalue weighted by molar-refractivity contribution is 7.89. The molecule has 0 unspecified atom stereocenters. The van der Waals surface area contributed by atoms with Crippen LogP contribution in [-0.4, -0.2) is 57.0 Å². The van der Waals surface area contributed by atoms with Crippen LogP contribution in [-0.2, 0) is 14.8 Å². The number of carbonyl (C=O) groups is 1. The number of halogens is 3. The van der Waals surface area contributed by atoms with Crippen molar-refractivity contribution in [1.82, 2.24) is 9.29 Å². The van der Waals surface area contributed by atoms with Gasteiger partial charge in [-0.05, 0) is 18.2 Å². The fourth-order valence-corrected chi connectivity index (χ4v) is 4.67. The van der Waals surface area contributed by atoms with E-state index in [1.54, 1.807) is 0 Å². The first-order valence-corrected chi connectivity index (χ1v) is 10.9. The van der Waals surface area contributed by atoms with Gasteiger partial charge in [0.1, 0.15) is 11.4 Å². The fraction of sp³-hybridized carbons (Fsp3) is 0.294. The van der Waals surface area contributed by atoms with Crippen LogP contribution in [0.25, 0.3) is 0 Å². The first-order valence-electron chi connectivity index (χ1n) is 8.32. The summed E-state index contributed by atoms with van der Waals surface area (Å²) in [6, 6.07) is 4.17. The first-order chi connectivity index (χ1) is 13.8. The number of nitrogens with zero attached hydrogens (tertiary/aromatic N) is 2. The molecule has 12 heteroatoms. The van der Waals surface area contributed by atoms with Crippen molar-refractivity contribution in [3.05, 3.63) is 45.2 Å². The van der Waals surface area contributed by atoms with E-state index in [4.69, 9.17) is 44.3 Å². The number of pyridine rings is 1. The predicted octanol–water partition coefficient (Wildman–Crippen LogP) is 3.32. The zero-order valence-electron chi connectivity index (χ0n) is 15.1. The smallest absolute Gasteiger partial charge is 0.275 e. The highest BCUT2D eigenvalue weighted by Gasteiger charge is 2.27. The van der Waals surface area contributed by atoms with E-state index in [-0.39, 0.29) is 50.2 Å². The number of benzene rings is 1. The minimum atomic E-state index is -3.76. The average Bonchev–Trinajstić information content (AvgIpc) is 2.72. The third-order valence-corrected chi connectivity index (χ3v) is 7.29. The number of anilines is 1. The van der Waals surface area contributed by atoms with Crippen LogP contribution in [0.2, 0.25) is 15.1 Å². The SMILES string of the molecule is COc1ccc(S(=O)(=O)N2CCOCC2)cc1NC(=O)c1ncc(Cl)c(Cl)c1Cl. The number of hydrogen-bond donors (Lipinski definition) is 1. The lowest BCUT2D eigenvalue weighted by Crippen LogP contribution is -2.40. The van der Waals surface area contributed by atoms with E-state index in [1.165, 1.54) is 35.8 Å². The van der Waals surface area contributed by atoms with E-state index in [0.717, 1.165) is 0 Å². The van der Waals surface area contributed by atoms with Crippen molar-refractivity contribution in [2.75, 3.05) is 38.7 Å². The monoisotopic (exact) mass is 479 g/mol. The summed E-state index contributed by atoms with van der Waals surface area (Å²) in [4.78, 5) is 16.5. The average molecular weight is 481 g/mol. The van der Waals surface area contributed by atoms with E-state index in [1.807, 2.05) is 0 Å². The number of rotatable bonds is 5. The highest BCUT2D eigenvalue weighted by atomic mass is 35.5. The molecule has 0 atom stereocenters. The van der Waals surface area contributed by atoms with Gasteiger partial charge in [0.05, 0.1) is 46.0 Å². The quantitative estimate of drug-likeness (QED) is 0.705. The number of aromatic nitrogens is 1. The van der Waals surface area contributed by atoms with Crippen LogP contribution in [0, 0.1) is 0 Å². The van der Waals surface area contributed by atoms with Gasteiger partial charge < -0.3 is 14.8 Å². The standard InChI is InChI=1S/C17H16Cl3N3O5S/c1-27-13-3-2-10(29(25,26)23-4-6-28-7-5-23)8-12(13)22-17(24)16-15(20)14(19)11(18)9-21-16/h2-3,8-9H,4-7H2,1H3,(H,22,24). The molecule has 1 fully saturated rings. The zero-order chi connectivity index (χ0) is 21.2. The van der Waals surface area contributed by atoms with Crippen molar-refractivity contribution in [2.24, 2.45) is 0 Å². The Balaban J connectivity index is 1.94. The van der Waals surface area contributed by atoms with Crippen molar-refractivity contribution in [1.29, 1.82) is 0 Å². The number of hydrogen-bond acceptors (Lipinski definition) is 6. The lowest BCUT2D eigenvalue weighted by molar-refractivity contribution is 0.0730. The van der Waals surface area contributed by atoms with Crippen LogP contribution in [0.3, 0.4) is 0 Å². The molecule has 1 aliphatic rings. The third kappa shape index (κ3) is 4.60. The Kier molecular flexibility index (Phi) is 6.87. The van der Waals surface area contributed by atoms with Crippen LogP contribution < -0.4 is 10.1 Å². The Labute approximate surface area is 182 Å². The van der Waals surface area contributed by atoms with Crippen LogP contribution in [0.15, 0.2) is 29.3 Å². The molecule has 1 N–H and O–H groups in total. The molecule has 0 bridgehead atoms. The molecule has 1 saturated heterocycles. The Morgan fingerprint density at radius 2 is 1.90 bits per heavy atom. The van der Waals surface area contributed by atoms with Gasteiger partial charge in [-0.25, -0.2) is 13.4 Å². The van der Waals surface area contributed by atoms with Gasteiger partial charge in [-0.2, -0.15) is 4.31 Å². The maximum Gasteiger partial charge on any atom is 0.275 e. The van der Waals surface area contributed by atoms with Crippen molar-refractivity contribution < 1.29 is 22.7 Å². The Morgan fingerprint density at radius 1 is 1.21 bits per heavy atom. The maximum absolute atomic E-state index is 12.9. The third-order valence-electron chi connectivity index (χ3n) is 4.16. The van der Waals surface area contributed by atoms with Gasteiger partial charge in [-0.1, -0.05) is 34.8 Å². The second kappa shape index (κ2) is 9.03. The predicted molar refractivity (Wildman–Crippen MR) is 110 cm³/mol. The van der Waals surface area contributed by atoms with E-state index >= 15 is 0 Å². The van der Waals surface area contributed by atoms with Crippen molar-refractivity contribution in [3.8, 4) is 5.75 Å². The largest absolute Gasteiger partial charge is 0.495 e. The Morgan fingerprint density at radius 3 is 2.55 bits per heavy atom. The maximum atomic E-state index is 12.9. The number of amides is 1. The second-order valence-corrected chi connectivity index (χ2v) is 9.02. The van der Waals surface area contributed by atoms with Crippen LogP contribution >= 0.6 is 34.8 Å². The molecule has 1 aliphatic heterocycles. The number of carbonyl (C=O) groups excluding carboxylic acids is 1. The summed E-state index contributed by atoms with van der Waals surface area (Å²) in [7, 11) is -2.37. The minimum Gasteiger partial charge on any atom is -0.495 e. The summed E-state index contributed by atoms with van der Waals surface area (Å²) in [5.41, 5.74) is -0.0275. The Bertz CT molecular complexity index is 1040. The number of sulfonamides is 1. The van der Waals surface area contributed by atoms with Gasteiger partial charge in [0.25, 0.3) is 5.91 Å². The summed E-state index contributed by atoms with van der Waals surface area (Å²) in [5, 5.41) is 2.53. The molecular formula is C17H16Cl3N3O5S. The van der Waals surface area contributed by atoms with Gasteiger partial charge in [-0.3, -0.25) is 4.79 Å². The van der Waals surface area contributed by atoms with Gasteiger partial charge >= 0.3 is 0 Å². The molecule has 0 aliphatic carbocycles. The fourth-order valence-electron chi connectivity index (χ4n) is 2.66. The minimum absolute atomic E-state index is 0.00342. The first kappa shape index (κ1) is 22.1. The number of ether oxygens (including phenoxy) is 2. The Hall–Kier alpha value is -1.62. The summed E-state index contributed by atoms with van der Waals surface area (Å²) >= 11 is 17.8. The molecule has 1 aromatic heterocycles. The molecule has 3 rings (SSSR count). The summed E-state index contributed by atoms with van der Waals surface area (Å²) in [6.45, 7) is 1.14. The molecule has 0 spiro atoms. The second-order valence-electron chi connectivity index (χ2n) is 5.92. The molecule has 156 valence electrons. The van der Waals surface area contributed by atoms with Crippen LogP contribution in [0.4, 0.5) is 5.69 Å². The molecule has 2 aromatic rings. The van der Waals surface area contributed by atoms with Gasteiger partial charge in [0, 0.05) is 19.3 Å². The van der Waals surface area contributed by atoms with Crippen molar-refractivity contribution in [3.63, 3.8) is 0 Å². The number of nitrogens with one attached hydrogen (secondary N) is 1. The normalized spacial score (nSPS) is 15.2. The van der Waals surface area contributed by atoms with E-state index in [9.17, 15) is 13.2 Å².